The number of allylic oxidation sites excluding steroid dienone is 2. The molecule has 1 heterocycles. The van der Waals surface area contributed by atoms with E-state index in [-0.39, 0.29) is 0 Å². The number of rotatable bonds is 2. The van der Waals surface area contributed by atoms with Crippen LogP contribution in [0.5, 0.6) is 0 Å². The number of nitrogens with one attached hydrogen (secondary N) is 1. The van der Waals surface area contributed by atoms with Crippen LogP contribution in [0.1, 0.15) is 19.8 Å². The summed E-state index contributed by atoms with van der Waals surface area (Å²) in [5, 5.41) is 3.43. The molecule has 0 aromatic heterocycles. The van der Waals surface area contributed by atoms with Gasteiger partial charge in [0.1, 0.15) is 0 Å². The Morgan fingerprint density at radius 1 is 1.67 bits per heavy atom. The lowest BCUT2D eigenvalue weighted by atomic mass is 10.1. The molecule has 0 aliphatic carbocycles. The fourth-order valence-electron chi connectivity index (χ4n) is 1.53. The Balaban J connectivity index is 2.57. The van der Waals surface area contributed by atoms with Gasteiger partial charge in [-0.15, -0.1) is 6.42 Å². The Hall–Kier alpha value is -1.00. The van der Waals surface area contributed by atoms with E-state index in [0.29, 0.717) is 6.04 Å². The lowest BCUT2D eigenvalue weighted by molar-refractivity contribution is 0.702. The summed E-state index contributed by atoms with van der Waals surface area (Å²) >= 11 is 0. The first kappa shape index (κ1) is 9.09. The van der Waals surface area contributed by atoms with Crippen molar-refractivity contribution in [3.8, 4) is 12.3 Å². The summed E-state index contributed by atoms with van der Waals surface area (Å²) in [6.45, 7) is 3.18. The van der Waals surface area contributed by atoms with Crippen LogP contribution in [-0.4, -0.2) is 12.6 Å². The van der Waals surface area contributed by atoms with Crippen molar-refractivity contribution in [2.75, 3.05) is 6.54 Å². The van der Waals surface area contributed by atoms with Crippen molar-refractivity contribution in [2.45, 2.75) is 25.8 Å². The monoisotopic (exact) mass is 161 g/mol. The second-order valence-electron chi connectivity index (χ2n) is 2.94. The first-order chi connectivity index (χ1) is 5.88. The molecule has 0 aromatic carbocycles. The SMILES string of the molecule is C#C/C=C\C(=C/C)C1CCCN1. The molecule has 0 bridgehead atoms. The van der Waals surface area contributed by atoms with Gasteiger partial charge in [-0.05, 0) is 44.0 Å². The largest absolute Gasteiger partial charge is 0.310 e. The van der Waals surface area contributed by atoms with Crippen molar-refractivity contribution < 1.29 is 0 Å². The van der Waals surface area contributed by atoms with Crippen molar-refractivity contribution in [1.29, 1.82) is 0 Å². The summed E-state index contributed by atoms with van der Waals surface area (Å²) in [4.78, 5) is 0. The minimum atomic E-state index is 0.527. The first-order valence-electron chi connectivity index (χ1n) is 4.40. The summed E-state index contributed by atoms with van der Waals surface area (Å²) in [7, 11) is 0. The fraction of sp³-hybridized carbons (Fsp3) is 0.455. The molecule has 12 heavy (non-hydrogen) atoms. The van der Waals surface area contributed by atoms with Crippen LogP contribution >= 0.6 is 0 Å². The molecule has 0 spiro atoms. The molecule has 1 N–H and O–H groups in total. The predicted molar refractivity (Wildman–Crippen MR) is 52.8 cm³/mol. The molecular weight excluding hydrogens is 146 g/mol. The number of terminal acetylenes is 1. The van der Waals surface area contributed by atoms with E-state index in [2.05, 4.69) is 24.2 Å². The van der Waals surface area contributed by atoms with E-state index < -0.39 is 0 Å². The third-order valence-electron chi connectivity index (χ3n) is 2.17. The maximum absolute atomic E-state index is 5.15. The summed E-state index contributed by atoms with van der Waals surface area (Å²) in [5.41, 5.74) is 1.31. The van der Waals surface area contributed by atoms with Gasteiger partial charge in [-0.1, -0.05) is 12.0 Å². The van der Waals surface area contributed by atoms with Crippen LogP contribution in [0.25, 0.3) is 0 Å². The van der Waals surface area contributed by atoms with Gasteiger partial charge >= 0.3 is 0 Å². The molecule has 1 fully saturated rings. The van der Waals surface area contributed by atoms with Crippen LogP contribution in [0.3, 0.4) is 0 Å². The second kappa shape index (κ2) is 4.79. The van der Waals surface area contributed by atoms with Gasteiger partial charge in [-0.3, -0.25) is 0 Å². The van der Waals surface area contributed by atoms with Crippen molar-refractivity contribution in [3.63, 3.8) is 0 Å². The van der Waals surface area contributed by atoms with Gasteiger partial charge in [-0.2, -0.15) is 0 Å². The maximum atomic E-state index is 5.15. The predicted octanol–water partition coefficient (Wildman–Crippen LogP) is 1.87. The van der Waals surface area contributed by atoms with E-state index >= 15 is 0 Å². The third kappa shape index (κ3) is 2.25. The quantitative estimate of drug-likeness (QED) is 0.481. The van der Waals surface area contributed by atoms with Gasteiger partial charge in [0, 0.05) is 6.04 Å². The summed E-state index contributed by atoms with van der Waals surface area (Å²) < 4.78 is 0. The molecular formula is C11H15N. The third-order valence-corrected chi connectivity index (χ3v) is 2.17. The van der Waals surface area contributed by atoms with E-state index in [4.69, 9.17) is 6.42 Å². The average molecular weight is 161 g/mol. The van der Waals surface area contributed by atoms with Gasteiger partial charge in [0.25, 0.3) is 0 Å². The van der Waals surface area contributed by atoms with Crippen LogP contribution in [0.15, 0.2) is 23.8 Å². The van der Waals surface area contributed by atoms with Gasteiger partial charge in [-0.25, -0.2) is 0 Å². The van der Waals surface area contributed by atoms with E-state index in [1.807, 2.05) is 6.08 Å². The Bertz CT molecular complexity index is 224. The van der Waals surface area contributed by atoms with Crippen LogP contribution in [0.2, 0.25) is 0 Å². The zero-order valence-electron chi connectivity index (χ0n) is 7.51. The highest BCUT2D eigenvalue weighted by Crippen LogP contribution is 2.14. The Kier molecular flexibility index (Phi) is 3.63. The molecule has 1 aliphatic rings. The van der Waals surface area contributed by atoms with E-state index in [0.717, 1.165) is 6.54 Å². The molecule has 0 radical (unpaired) electrons. The van der Waals surface area contributed by atoms with E-state index in [1.165, 1.54) is 18.4 Å². The highest BCUT2D eigenvalue weighted by molar-refractivity contribution is 5.29. The lowest BCUT2D eigenvalue weighted by Crippen LogP contribution is -2.22. The molecule has 64 valence electrons. The van der Waals surface area contributed by atoms with Crippen LogP contribution in [-0.2, 0) is 0 Å². The van der Waals surface area contributed by atoms with Crippen molar-refractivity contribution in [1.82, 2.24) is 5.32 Å². The normalized spacial score (nSPS) is 24.7. The van der Waals surface area contributed by atoms with Crippen LogP contribution < -0.4 is 5.32 Å². The number of hydrogen-bond acceptors (Lipinski definition) is 1. The summed E-state index contributed by atoms with van der Waals surface area (Å²) in [5.74, 6) is 2.51. The topological polar surface area (TPSA) is 12.0 Å². The minimum Gasteiger partial charge on any atom is -0.310 e. The second-order valence-corrected chi connectivity index (χ2v) is 2.94. The molecule has 0 amide bonds. The van der Waals surface area contributed by atoms with Gasteiger partial charge in [0.2, 0.25) is 0 Å². The molecule has 1 unspecified atom stereocenters. The van der Waals surface area contributed by atoms with Gasteiger partial charge in [0.15, 0.2) is 0 Å². The summed E-state index contributed by atoms with van der Waals surface area (Å²) in [6.07, 6.45) is 13.5. The fourth-order valence-corrected chi connectivity index (χ4v) is 1.53. The zero-order chi connectivity index (χ0) is 8.81. The first-order valence-corrected chi connectivity index (χ1v) is 4.40. The maximum Gasteiger partial charge on any atom is 0.0317 e. The Morgan fingerprint density at radius 3 is 3.00 bits per heavy atom. The van der Waals surface area contributed by atoms with Crippen LogP contribution in [0, 0.1) is 12.3 Å². The zero-order valence-corrected chi connectivity index (χ0v) is 7.51. The molecule has 0 saturated carbocycles. The van der Waals surface area contributed by atoms with Crippen molar-refractivity contribution in [3.05, 3.63) is 23.8 Å². The molecule has 0 aromatic rings. The summed E-state index contributed by atoms with van der Waals surface area (Å²) in [6, 6.07) is 0.527. The molecule has 1 saturated heterocycles. The number of hydrogen-bond donors (Lipinski definition) is 1. The Morgan fingerprint density at radius 2 is 2.50 bits per heavy atom. The highest BCUT2D eigenvalue weighted by Gasteiger charge is 2.15. The highest BCUT2D eigenvalue weighted by atomic mass is 14.9. The molecule has 1 rings (SSSR count). The van der Waals surface area contributed by atoms with Crippen molar-refractivity contribution in [2.24, 2.45) is 0 Å². The standard InChI is InChI=1S/C11H15N/c1-3-5-7-10(4-2)11-8-6-9-12-11/h1,4-5,7,11-12H,6,8-9H2,2H3/b7-5-,10-4+. The van der Waals surface area contributed by atoms with Gasteiger partial charge < -0.3 is 5.32 Å². The molecule has 1 nitrogen and oxygen atoms in total. The van der Waals surface area contributed by atoms with Crippen LogP contribution in [0.4, 0.5) is 0 Å². The molecule has 1 aliphatic heterocycles. The Labute approximate surface area is 74.6 Å². The lowest BCUT2D eigenvalue weighted by Gasteiger charge is -2.10. The molecule has 1 atom stereocenters. The van der Waals surface area contributed by atoms with E-state index in [1.54, 1.807) is 6.08 Å². The van der Waals surface area contributed by atoms with E-state index in [9.17, 15) is 0 Å². The minimum absolute atomic E-state index is 0.527. The smallest absolute Gasteiger partial charge is 0.0317 e. The van der Waals surface area contributed by atoms with Crippen molar-refractivity contribution >= 4 is 0 Å². The van der Waals surface area contributed by atoms with Gasteiger partial charge in [0.05, 0.1) is 0 Å². The molecule has 1 heteroatoms. The average Bonchev–Trinajstić information content (AvgIpc) is 2.59.